The zero-order chi connectivity index (χ0) is 13.7. The van der Waals surface area contributed by atoms with Gasteiger partial charge >= 0.3 is 0 Å². The average molecular weight is 264 g/mol. The first kappa shape index (κ1) is 13.5. The zero-order valence-electron chi connectivity index (χ0n) is 11.6. The van der Waals surface area contributed by atoms with Crippen molar-refractivity contribution in [3.63, 3.8) is 0 Å². The summed E-state index contributed by atoms with van der Waals surface area (Å²) in [6, 6.07) is -0.0974. The summed E-state index contributed by atoms with van der Waals surface area (Å²) < 4.78 is 7.31. The van der Waals surface area contributed by atoms with Crippen LogP contribution in [0.2, 0.25) is 0 Å². The van der Waals surface area contributed by atoms with Crippen molar-refractivity contribution < 1.29 is 4.74 Å². The van der Waals surface area contributed by atoms with E-state index in [1.807, 2.05) is 11.6 Å². The van der Waals surface area contributed by atoms with Crippen LogP contribution >= 0.6 is 0 Å². The van der Waals surface area contributed by atoms with Crippen LogP contribution in [-0.2, 0) is 6.54 Å². The Kier molecular flexibility index (Phi) is 4.51. The molecule has 1 atom stereocenters. The topological polar surface area (TPSA) is 80.7 Å². The standard InChI is InChI=1S/C12H20N6O/c1-4-6-13-10(12-14-8-15-17-12)11-9(19-3)7-16-18(11)5-2/h7-8,10,13H,4-6H2,1-3H3,(H,14,15,17). The van der Waals surface area contributed by atoms with Gasteiger partial charge in [-0.1, -0.05) is 6.92 Å². The van der Waals surface area contributed by atoms with Crippen LogP contribution in [0.5, 0.6) is 5.75 Å². The first-order valence-electron chi connectivity index (χ1n) is 6.50. The molecule has 2 N–H and O–H groups in total. The highest BCUT2D eigenvalue weighted by Gasteiger charge is 2.24. The van der Waals surface area contributed by atoms with Gasteiger partial charge in [0.1, 0.15) is 23.9 Å². The lowest BCUT2D eigenvalue weighted by molar-refractivity contribution is 0.397. The molecule has 0 aliphatic heterocycles. The van der Waals surface area contributed by atoms with Gasteiger partial charge in [-0.15, -0.1) is 0 Å². The number of nitrogens with zero attached hydrogens (tertiary/aromatic N) is 4. The summed E-state index contributed by atoms with van der Waals surface area (Å²) in [6.07, 6.45) is 4.28. The quantitative estimate of drug-likeness (QED) is 0.783. The third kappa shape index (κ3) is 2.76. The van der Waals surface area contributed by atoms with Gasteiger partial charge in [-0.3, -0.25) is 9.78 Å². The van der Waals surface area contributed by atoms with Crippen molar-refractivity contribution in [3.05, 3.63) is 24.0 Å². The minimum atomic E-state index is -0.0974. The molecule has 0 fully saturated rings. The van der Waals surface area contributed by atoms with Crippen LogP contribution < -0.4 is 10.1 Å². The Morgan fingerprint density at radius 2 is 2.32 bits per heavy atom. The van der Waals surface area contributed by atoms with Gasteiger partial charge in [0.15, 0.2) is 5.75 Å². The predicted octanol–water partition coefficient (Wildman–Crippen LogP) is 1.12. The number of H-pyrrole nitrogens is 1. The largest absolute Gasteiger partial charge is 0.493 e. The van der Waals surface area contributed by atoms with Crippen molar-refractivity contribution in [1.29, 1.82) is 0 Å². The predicted molar refractivity (Wildman–Crippen MR) is 71.0 cm³/mol. The highest BCUT2D eigenvalue weighted by molar-refractivity contribution is 5.32. The van der Waals surface area contributed by atoms with Gasteiger partial charge in [0.05, 0.1) is 13.3 Å². The molecule has 2 heterocycles. The van der Waals surface area contributed by atoms with E-state index in [4.69, 9.17) is 4.74 Å². The molecule has 0 bridgehead atoms. The second-order valence-electron chi connectivity index (χ2n) is 4.17. The number of nitrogens with one attached hydrogen (secondary N) is 2. The van der Waals surface area contributed by atoms with Crippen molar-refractivity contribution in [2.75, 3.05) is 13.7 Å². The molecule has 0 radical (unpaired) electrons. The van der Waals surface area contributed by atoms with E-state index in [9.17, 15) is 0 Å². The van der Waals surface area contributed by atoms with Crippen LogP contribution in [0, 0.1) is 0 Å². The highest BCUT2D eigenvalue weighted by Crippen LogP contribution is 2.28. The van der Waals surface area contributed by atoms with E-state index >= 15 is 0 Å². The van der Waals surface area contributed by atoms with Crippen LogP contribution in [0.25, 0.3) is 0 Å². The number of hydrogen-bond acceptors (Lipinski definition) is 5. The normalized spacial score (nSPS) is 12.6. The molecular weight excluding hydrogens is 244 g/mol. The van der Waals surface area contributed by atoms with Crippen LogP contribution in [0.15, 0.2) is 12.5 Å². The Morgan fingerprint density at radius 3 is 2.89 bits per heavy atom. The second kappa shape index (κ2) is 6.33. The fourth-order valence-electron chi connectivity index (χ4n) is 2.04. The molecule has 2 aromatic heterocycles. The van der Waals surface area contributed by atoms with Gasteiger partial charge < -0.3 is 10.1 Å². The molecule has 0 saturated heterocycles. The van der Waals surface area contributed by atoms with Crippen molar-refractivity contribution in [3.8, 4) is 5.75 Å². The first-order chi connectivity index (χ1) is 9.31. The van der Waals surface area contributed by atoms with Gasteiger partial charge in [0.2, 0.25) is 0 Å². The van der Waals surface area contributed by atoms with Gasteiger partial charge in [0, 0.05) is 6.54 Å². The van der Waals surface area contributed by atoms with Crippen molar-refractivity contribution in [1.82, 2.24) is 30.3 Å². The Bertz CT molecular complexity index is 471. The lowest BCUT2D eigenvalue weighted by atomic mass is 10.1. The summed E-state index contributed by atoms with van der Waals surface area (Å²) in [7, 11) is 1.65. The fourth-order valence-corrected chi connectivity index (χ4v) is 2.04. The number of aromatic amines is 1. The summed E-state index contributed by atoms with van der Waals surface area (Å²) in [5.41, 5.74) is 0.968. The van der Waals surface area contributed by atoms with E-state index in [0.29, 0.717) is 0 Å². The van der Waals surface area contributed by atoms with Crippen molar-refractivity contribution in [2.24, 2.45) is 0 Å². The molecule has 0 aliphatic rings. The maximum atomic E-state index is 5.40. The molecule has 0 spiro atoms. The van der Waals surface area contributed by atoms with Crippen LogP contribution in [-0.4, -0.2) is 38.6 Å². The van der Waals surface area contributed by atoms with Gasteiger partial charge in [-0.25, -0.2) is 4.98 Å². The molecule has 0 amide bonds. The molecule has 2 rings (SSSR count). The zero-order valence-corrected chi connectivity index (χ0v) is 11.6. The molecule has 7 nitrogen and oxygen atoms in total. The molecule has 0 aromatic carbocycles. The lowest BCUT2D eigenvalue weighted by Gasteiger charge is -2.18. The number of methoxy groups -OCH3 is 1. The number of rotatable bonds is 7. The first-order valence-corrected chi connectivity index (χ1v) is 6.50. The Morgan fingerprint density at radius 1 is 1.47 bits per heavy atom. The second-order valence-corrected chi connectivity index (χ2v) is 4.17. The van der Waals surface area contributed by atoms with Gasteiger partial charge in [0.25, 0.3) is 0 Å². The monoisotopic (exact) mass is 264 g/mol. The molecule has 7 heteroatoms. The van der Waals surface area contributed by atoms with Crippen LogP contribution in [0.1, 0.15) is 37.8 Å². The number of aryl methyl sites for hydroxylation is 1. The third-order valence-electron chi connectivity index (χ3n) is 2.94. The summed E-state index contributed by atoms with van der Waals surface area (Å²) in [6.45, 7) is 5.83. The molecular formula is C12H20N6O. The number of aromatic nitrogens is 5. The lowest BCUT2D eigenvalue weighted by Crippen LogP contribution is -2.27. The smallest absolute Gasteiger partial charge is 0.162 e. The molecule has 1 unspecified atom stereocenters. The number of ether oxygens (including phenoxy) is 1. The summed E-state index contributed by atoms with van der Waals surface area (Å²) in [4.78, 5) is 4.25. The number of hydrogen-bond donors (Lipinski definition) is 2. The summed E-state index contributed by atoms with van der Waals surface area (Å²) in [5.74, 6) is 1.52. The highest BCUT2D eigenvalue weighted by atomic mass is 16.5. The minimum Gasteiger partial charge on any atom is -0.493 e. The average Bonchev–Trinajstić information content (AvgIpc) is 3.08. The van der Waals surface area contributed by atoms with E-state index in [1.54, 1.807) is 13.3 Å². The van der Waals surface area contributed by atoms with E-state index in [1.165, 1.54) is 6.33 Å². The van der Waals surface area contributed by atoms with Gasteiger partial charge in [-0.2, -0.15) is 10.2 Å². The Hall–Kier alpha value is -1.89. The maximum Gasteiger partial charge on any atom is 0.162 e. The SMILES string of the molecule is CCCNC(c1ncn[nH]1)c1c(OC)cnn1CC. The fraction of sp³-hybridized carbons (Fsp3) is 0.583. The molecule has 0 aliphatic carbocycles. The molecule has 104 valence electrons. The Balaban J connectivity index is 2.39. The third-order valence-corrected chi connectivity index (χ3v) is 2.94. The van der Waals surface area contributed by atoms with E-state index in [0.717, 1.165) is 36.8 Å². The van der Waals surface area contributed by atoms with E-state index in [-0.39, 0.29) is 6.04 Å². The maximum absolute atomic E-state index is 5.40. The minimum absolute atomic E-state index is 0.0974. The van der Waals surface area contributed by atoms with Crippen molar-refractivity contribution >= 4 is 0 Å². The van der Waals surface area contributed by atoms with Crippen LogP contribution in [0.3, 0.4) is 0 Å². The van der Waals surface area contributed by atoms with Gasteiger partial charge in [-0.05, 0) is 19.9 Å². The molecule has 0 saturated carbocycles. The summed E-state index contributed by atoms with van der Waals surface area (Å²) >= 11 is 0. The molecule has 2 aromatic rings. The van der Waals surface area contributed by atoms with E-state index in [2.05, 4.69) is 32.5 Å². The van der Waals surface area contributed by atoms with E-state index < -0.39 is 0 Å². The van der Waals surface area contributed by atoms with Crippen LogP contribution in [0.4, 0.5) is 0 Å². The Labute approximate surface area is 112 Å². The summed E-state index contributed by atoms with van der Waals surface area (Å²) in [5, 5.41) is 14.6. The van der Waals surface area contributed by atoms with Crippen molar-refractivity contribution in [2.45, 2.75) is 32.9 Å². The molecule has 19 heavy (non-hydrogen) atoms.